The van der Waals surface area contributed by atoms with Gasteiger partial charge in [0.15, 0.2) is 0 Å². The second-order valence-electron chi connectivity index (χ2n) is 6.98. The summed E-state index contributed by atoms with van der Waals surface area (Å²) in [6.07, 6.45) is -9.53. The average Bonchev–Trinajstić information content (AvgIpc) is 2.73. The highest BCUT2D eigenvalue weighted by Crippen LogP contribution is 2.27. The van der Waals surface area contributed by atoms with Gasteiger partial charge in [-0.2, -0.15) is 22.8 Å². The highest BCUT2D eigenvalue weighted by Gasteiger charge is 2.44. The number of aliphatic hydroxyl groups excluding tert-OH is 2. The number of hydrogen-bond acceptors (Lipinski definition) is 10. The number of nitriles is 1. The Labute approximate surface area is 195 Å². The number of alkyl halides is 4. The lowest BCUT2D eigenvalue weighted by molar-refractivity contribution is -0.396. The van der Waals surface area contributed by atoms with E-state index in [1.165, 1.54) is 6.08 Å². The van der Waals surface area contributed by atoms with Crippen LogP contribution in [0.5, 0.6) is 0 Å². The number of hydrogen-bond donors (Lipinski definition) is 2. The van der Waals surface area contributed by atoms with Crippen molar-refractivity contribution in [3.63, 3.8) is 0 Å². The van der Waals surface area contributed by atoms with Gasteiger partial charge in [0.2, 0.25) is 0 Å². The smallest absolute Gasteiger partial charge is 0.383 e. The number of ether oxygens (including phenoxy) is 7. The van der Waals surface area contributed by atoms with E-state index in [0.29, 0.717) is 0 Å². The van der Waals surface area contributed by atoms with E-state index in [-0.39, 0.29) is 52.2 Å². The summed E-state index contributed by atoms with van der Waals surface area (Å²) >= 11 is 0. The molecule has 0 amide bonds. The minimum Gasteiger partial charge on any atom is -0.388 e. The highest BCUT2D eigenvalue weighted by molar-refractivity contribution is 4.73. The van der Waals surface area contributed by atoms with Gasteiger partial charge in [0.1, 0.15) is 32.2 Å². The van der Waals surface area contributed by atoms with Gasteiger partial charge < -0.3 is 38.6 Å². The molecule has 0 radical (unpaired) electrons. The molecule has 0 saturated heterocycles. The minimum atomic E-state index is -4.33. The average molecular weight is 507 g/mol. The van der Waals surface area contributed by atoms with Crippen LogP contribution >= 0.6 is 0 Å². The van der Waals surface area contributed by atoms with E-state index >= 15 is 0 Å². The summed E-state index contributed by atoms with van der Waals surface area (Å²) in [6, 6.07) is 1.93. The lowest BCUT2D eigenvalue weighted by Crippen LogP contribution is -2.40. The maximum Gasteiger partial charge on any atom is 0.383 e. The fraction of sp³-hybridized carbons (Fsp3) is 0.850. The minimum absolute atomic E-state index is 0.000945. The highest BCUT2D eigenvalue weighted by atomic mass is 19.3. The van der Waals surface area contributed by atoms with Crippen molar-refractivity contribution in [3.8, 4) is 6.07 Å². The fourth-order valence-electron chi connectivity index (χ4n) is 2.05. The zero-order chi connectivity index (χ0) is 25.9. The first-order chi connectivity index (χ1) is 16.0. The topological polar surface area (TPSA) is 129 Å². The first kappa shape index (κ1) is 32.6. The summed E-state index contributed by atoms with van der Waals surface area (Å²) in [5.74, 6) is 0. The molecule has 0 aliphatic rings. The van der Waals surface area contributed by atoms with Gasteiger partial charge in [-0.25, -0.2) is 0 Å². The standard InChI is InChI=1S/C20H33F4NO9/c1-3-6-28-9-17(26)11-31-13-19(21,22)34-20(23,24)14-32-15-30-8-7-29-10-18(27)12-33-16(2)4-5-25/h3,16-18,26-27H,1,4,6-15H2,2H3. The van der Waals surface area contributed by atoms with Gasteiger partial charge in [0.05, 0.1) is 64.8 Å². The van der Waals surface area contributed by atoms with Crippen LogP contribution in [0.4, 0.5) is 17.6 Å². The summed E-state index contributed by atoms with van der Waals surface area (Å²) in [5.41, 5.74) is 0. The van der Waals surface area contributed by atoms with Crippen LogP contribution in [0, 0.1) is 11.3 Å². The van der Waals surface area contributed by atoms with Crippen molar-refractivity contribution in [1.82, 2.24) is 0 Å². The largest absolute Gasteiger partial charge is 0.388 e. The van der Waals surface area contributed by atoms with Crippen molar-refractivity contribution in [2.24, 2.45) is 0 Å². The Bertz CT molecular complexity index is 567. The van der Waals surface area contributed by atoms with Crippen molar-refractivity contribution < 1.29 is 60.9 Å². The molecule has 10 nitrogen and oxygen atoms in total. The maximum absolute atomic E-state index is 13.5. The van der Waals surface area contributed by atoms with E-state index in [4.69, 9.17) is 24.2 Å². The fourth-order valence-corrected chi connectivity index (χ4v) is 2.05. The Morgan fingerprint density at radius 3 is 2.09 bits per heavy atom. The van der Waals surface area contributed by atoms with Gasteiger partial charge in [0.25, 0.3) is 0 Å². The molecule has 3 unspecified atom stereocenters. The van der Waals surface area contributed by atoms with Crippen molar-refractivity contribution in [1.29, 1.82) is 5.26 Å². The van der Waals surface area contributed by atoms with Crippen molar-refractivity contribution in [2.75, 3.05) is 66.3 Å². The molecule has 0 saturated carbocycles. The second-order valence-corrected chi connectivity index (χ2v) is 6.98. The van der Waals surface area contributed by atoms with Gasteiger partial charge >= 0.3 is 12.2 Å². The van der Waals surface area contributed by atoms with Crippen LogP contribution in [0.1, 0.15) is 13.3 Å². The lowest BCUT2D eigenvalue weighted by atomic mass is 10.3. The van der Waals surface area contributed by atoms with Crippen LogP contribution in [0.15, 0.2) is 12.7 Å². The van der Waals surface area contributed by atoms with Gasteiger partial charge in [0, 0.05) is 0 Å². The molecule has 0 heterocycles. The van der Waals surface area contributed by atoms with Gasteiger partial charge in [-0.05, 0) is 6.92 Å². The van der Waals surface area contributed by atoms with E-state index < -0.39 is 51.0 Å². The molecule has 0 bridgehead atoms. The monoisotopic (exact) mass is 507 g/mol. The second kappa shape index (κ2) is 18.9. The molecule has 0 aromatic heterocycles. The molecular weight excluding hydrogens is 474 g/mol. The van der Waals surface area contributed by atoms with Crippen LogP contribution in [0.2, 0.25) is 0 Å². The number of rotatable bonds is 23. The van der Waals surface area contributed by atoms with E-state index in [2.05, 4.69) is 20.8 Å². The van der Waals surface area contributed by atoms with Crippen LogP contribution in [0.25, 0.3) is 0 Å². The third-order valence-corrected chi connectivity index (χ3v) is 3.50. The van der Waals surface area contributed by atoms with Crippen molar-refractivity contribution >= 4 is 0 Å². The predicted molar refractivity (Wildman–Crippen MR) is 108 cm³/mol. The SMILES string of the molecule is C=CCOCC(O)COCC(F)(F)OC(F)(F)COCOCCOCC(O)COC(C)CC#N. The molecule has 0 rings (SSSR count). The Morgan fingerprint density at radius 1 is 0.882 bits per heavy atom. The first-order valence-electron chi connectivity index (χ1n) is 10.3. The summed E-state index contributed by atoms with van der Waals surface area (Å²) in [6.45, 7) is 0.602. The molecule has 34 heavy (non-hydrogen) atoms. The van der Waals surface area contributed by atoms with Gasteiger partial charge in [-0.1, -0.05) is 6.08 Å². The van der Waals surface area contributed by atoms with Crippen LogP contribution in [0.3, 0.4) is 0 Å². The predicted octanol–water partition coefficient (Wildman–Crippen LogP) is 1.46. The number of nitrogens with zero attached hydrogens (tertiary/aromatic N) is 1. The Morgan fingerprint density at radius 2 is 1.44 bits per heavy atom. The normalized spacial score (nSPS) is 15.0. The summed E-state index contributed by atoms with van der Waals surface area (Å²) in [5, 5.41) is 27.5. The van der Waals surface area contributed by atoms with Gasteiger partial charge in [-0.15, -0.1) is 6.58 Å². The lowest BCUT2D eigenvalue weighted by Gasteiger charge is -2.24. The Balaban J connectivity index is 3.84. The summed E-state index contributed by atoms with van der Waals surface area (Å²) < 4.78 is 86.5. The molecular formula is C20H33F4NO9. The van der Waals surface area contributed by atoms with E-state index in [1.807, 2.05) is 6.07 Å². The quantitative estimate of drug-likeness (QED) is 0.0908. The number of aliphatic hydroxyl groups is 2. The molecule has 0 aliphatic heterocycles. The van der Waals surface area contributed by atoms with Gasteiger partial charge in [-0.3, -0.25) is 4.74 Å². The molecule has 0 spiro atoms. The van der Waals surface area contributed by atoms with Crippen LogP contribution in [-0.4, -0.2) is 107 Å². The van der Waals surface area contributed by atoms with Crippen LogP contribution < -0.4 is 0 Å². The number of halogens is 4. The molecule has 200 valence electrons. The zero-order valence-electron chi connectivity index (χ0n) is 19.0. The third kappa shape index (κ3) is 20.0. The first-order valence-corrected chi connectivity index (χ1v) is 10.3. The molecule has 0 aliphatic carbocycles. The Hall–Kier alpha value is -1.41. The molecule has 2 N–H and O–H groups in total. The molecule has 14 heteroatoms. The zero-order valence-corrected chi connectivity index (χ0v) is 19.0. The maximum atomic E-state index is 13.5. The molecule has 0 fully saturated rings. The van der Waals surface area contributed by atoms with Crippen LogP contribution in [-0.2, 0) is 33.2 Å². The van der Waals surface area contributed by atoms with E-state index in [1.54, 1.807) is 6.92 Å². The molecule has 3 atom stereocenters. The molecule has 0 aromatic rings. The third-order valence-electron chi connectivity index (χ3n) is 3.50. The van der Waals surface area contributed by atoms with E-state index in [0.717, 1.165) is 0 Å². The summed E-state index contributed by atoms with van der Waals surface area (Å²) in [7, 11) is 0. The van der Waals surface area contributed by atoms with E-state index in [9.17, 15) is 27.8 Å². The van der Waals surface area contributed by atoms with Crippen molar-refractivity contribution in [3.05, 3.63) is 12.7 Å². The Kier molecular flexibility index (Phi) is 18.1. The molecule has 0 aromatic carbocycles. The van der Waals surface area contributed by atoms with Crippen molar-refractivity contribution in [2.45, 2.75) is 43.9 Å². The summed E-state index contributed by atoms with van der Waals surface area (Å²) in [4.78, 5) is 0.